The summed E-state index contributed by atoms with van der Waals surface area (Å²) in [6, 6.07) is 6.25. The number of hydrazine groups is 1. The molecule has 7 heteroatoms. The van der Waals surface area contributed by atoms with Crippen LogP contribution >= 0.6 is 0 Å². The number of nitrogens with zero attached hydrogens (tertiary/aromatic N) is 2. The van der Waals surface area contributed by atoms with Crippen molar-refractivity contribution in [2.24, 2.45) is 5.92 Å². The average molecular weight is 330 g/mol. The van der Waals surface area contributed by atoms with Crippen LogP contribution in [-0.2, 0) is 14.4 Å². The van der Waals surface area contributed by atoms with Gasteiger partial charge in [-0.25, -0.2) is 0 Å². The van der Waals surface area contributed by atoms with Crippen molar-refractivity contribution in [3.05, 3.63) is 29.3 Å². The van der Waals surface area contributed by atoms with Gasteiger partial charge in [0.05, 0.1) is 0 Å². The summed E-state index contributed by atoms with van der Waals surface area (Å²) in [7, 11) is 0. The molecule has 0 bridgehead atoms. The summed E-state index contributed by atoms with van der Waals surface area (Å²) in [5.74, 6) is -1.91. The minimum absolute atomic E-state index is 0.0683. The zero-order valence-corrected chi connectivity index (χ0v) is 14.0. The number of hydrogen-bond donors (Lipinski definition) is 2. The summed E-state index contributed by atoms with van der Waals surface area (Å²) in [6.07, 6.45) is -0.0683. The third-order valence-electron chi connectivity index (χ3n) is 4.87. The summed E-state index contributed by atoms with van der Waals surface area (Å²) < 4.78 is 0. The zero-order chi connectivity index (χ0) is 17.3. The van der Waals surface area contributed by atoms with Crippen molar-refractivity contribution < 1.29 is 14.4 Å². The Bertz CT molecular complexity index is 664. The quantitative estimate of drug-likeness (QED) is 0.771. The Hall–Kier alpha value is -2.57. The molecule has 0 spiro atoms. The molecule has 0 saturated carbocycles. The highest BCUT2D eigenvalue weighted by molar-refractivity contribution is 6.07. The van der Waals surface area contributed by atoms with Gasteiger partial charge in [0.1, 0.15) is 5.92 Å². The van der Waals surface area contributed by atoms with Crippen LogP contribution in [0.2, 0.25) is 0 Å². The van der Waals surface area contributed by atoms with Gasteiger partial charge in [0.25, 0.3) is 11.8 Å². The van der Waals surface area contributed by atoms with Gasteiger partial charge >= 0.3 is 0 Å². The Morgan fingerprint density at radius 1 is 1.08 bits per heavy atom. The van der Waals surface area contributed by atoms with E-state index in [4.69, 9.17) is 0 Å². The second kappa shape index (κ2) is 6.51. The number of aryl methyl sites for hydroxylation is 1. The number of carbonyl (C=O) groups excluding carboxylic acids is 3. The summed E-state index contributed by atoms with van der Waals surface area (Å²) in [5, 5.41) is 0. The molecule has 2 aliphatic heterocycles. The molecule has 128 valence electrons. The van der Waals surface area contributed by atoms with Gasteiger partial charge in [-0.05, 0) is 31.0 Å². The molecule has 3 rings (SSSR count). The molecule has 7 nitrogen and oxygen atoms in total. The molecule has 2 saturated heterocycles. The molecule has 24 heavy (non-hydrogen) atoms. The van der Waals surface area contributed by atoms with Crippen molar-refractivity contribution >= 4 is 23.4 Å². The zero-order valence-electron chi connectivity index (χ0n) is 14.0. The van der Waals surface area contributed by atoms with E-state index in [2.05, 4.69) is 41.7 Å². The lowest BCUT2D eigenvalue weighted by atomic mass is 10.0. The fourth-order valence-corrected chi connectivity index (χ4v) is 3.18. The Morgan fingerprint density at radius 2 is 1.71 bits per heavy atom. The summed E-state index contributed by atoms with van der Waals surface area (Å²) in [6.45, 7) is 6.90. The van der Waals surface area contributed by atoms with Crippen molar-refractivity contribution in [2.75, 3.05) is 31.1 Å². The van der Waals surface area contributed by atoms with E-state index < -0.39 is 17.7 Å². The number of carbonyl (C=O) groups is 3. The molecule has 0 aromatic heterocycles. The Kier molecular flexibility index (Phi) is 4.42. The van der Waals surface area contributed by atoms with Crippen LogP contribution in [0.3, 0.4) is 0 Å². The van der Waals surface area contributed by atoms with Gasteiger partial charge in [0.2, 0.25) is 5.91 Å². The van der Waals surface area contributed by atoms with Gasteiger partial charge in [-0.3, -0.25) is 25.2 Å². The van der Waals surface area contributed by atoms with Crippen molar-refractivity contribution in [3.8, 4) is 0 Å². The molecule has 2 aliphatic rings. The predicted molar refractivity (Wildman–Crippen MR) is 89.1 cm³/mol. The van der Waals surface area contributed by atoms with Crippen molar-refractivity contribution in [1.29, 1.82) is 0 Å². The first kappa shape index (κ1) is 16.3. The SMILES string of the molecule is Cc1cccc(N2CCN(C(=O)CC3C(=O)NNC3=O)CC2)c1C. The maximum Gasteiger partial charge on any atom is 0.251 e. The third-order valence-corrected chi connectivity index (χ3v) is 4.87. The number of amides is 3. The maximum absolute atomic E-state index is 12.4. The monoisotopic (exact) mass is 330 g/mol. The lowest BCUT2D eigenvalue weighted by molar-refractivity contribution is -0.138. The first-order chi connectivity index (χ1) is 11.5. The van der Waals surface area contributed by atoms with E-state index in [0.29, 0.717) is 13.1 Å². The Labute approximate surface area is 141 Å². The van der Waals surface area contributed by atoms with Crippen LogP contribution in [0.25, 0.3) is 0 Å². The van der Waals surface area contributed by atoms with E-state index in [0.717, 1.165) is 13.1 Å². The Morgan fingerprint density at radius 3 is 2.33 bits per heavy atom. The standard InChI is InChI=1S/C17H22N4O3/c1-11-4-3-5-14(12(11)2)20-6-8-21(9-7-20)15(22)10-13-16(23)18-19-17(13)24/h3-5,13H,6-10H2,1-2H3,(H,18,23)(H,19,24). The summed E-state index contributed by atoms with van der Waals surface area (Å²) >= 11 is 0. The molecule has 3 amide bonds. The lowest BCUT2D eigenvalue weighted by Gasteiger charge is -2.37. The minimum atomic E-state index is -0.908. The van der Waals surface area contributed by atoms with Crippen molar-refractivity contribution in [3.63, 3.8) is 0 Å². The van der Waals surface area contributed by atoms with Gasteiger partial charge in [-0.15, -0.1) is 0 Å². The van der Waals surface area contributed by atoms with E-state index in [9.17, 15) is 14.4 Å². The Balaban J connectivity index is 1.59. The van der Waals surface area contributed by atoms with Crippen LogP contribution in [0.15, 0.2) is 18.2 Å². The first-order valence-electron chi connectivity index (χ1n) is 8.16. The lowest BCUT2D eigenvalue weighted by Crippen LogP contribution is -2.49. The van der Waals surface area contributed by atoms with Gasteiger partial charge in [0, 0.05) is 38.3 Å². The highest BCUT2D eigenvalue weighted by Gasteiger charge is 2.36. The number of hydrogen-bond acceptors (Lipinski definition) is 4. The smallest absolute Gasteiger partial charge is 0.251 e. The molecule has 0 atom stereocenters. The van der Waals surface area contributed by atoms with Crippen LogP contribution in [0.4, 0.5) is 5.69 Å². The van der Waals surface area contributed by atoms with E-state index >= 15 is 0 Å². The van der Waals surface area contributed by atoms with Crippen LogP contribution in [-0.4, -0.2) is 48.8 Å². The van der Waals surface area contributed by atoms with Gasteiger partial charge < -0.3 is 9.80 Å². The highest BCUT2D eigenvalue weighted by Crippen LogP contribution is 2.24. The number of piperazine rings is 1. The van der Waals surface area contributed by atoms with E-state index in [1.54, 1.807) is 4.90 Å². The van der Waals surface area contributed by atoms with Crippen molar-refractivity contribution in [1.82, 2.24) is 15.8 Å². The second-order valence-electron chi connectivity index (χ2n) is 6.32. The van der Waals surface area contributed by atoms with Gasteiger partial charge in [-0.2, -0.15) is 0 Å². The van der Waals surface area contributed by atoms with Crippen molar-refractivity contribution in [2.45, 2.75) is 20.3 Å². The summed E-state index contributed by atoms with van der Waals surface area (Å²) in [4.78, 5) is 39.4. The van der Waals surface area contributed by atoms with Crippen LogP contribution in [0.5, 0.6) is 0 Å². The molecule has 2 heterocycles. The molecule has 2 fully saturated rings. The van der Waals surface area contributed by atoms with E-state index in [1.165, 1.54) is 16.8 Å². The second-order valence-corrected chi connectivity index (χ2v) is 6.32. The molecule has 1 aromatic carbocycles. The minimum Gasteiger partial charge on any atom is -0.368 e. The summed E-state index contributed by atoms with van der Waals surface area (Å²) in [5.41, 5.74) is 8.22. The van der Waals surface area contributed by atoms with Crippen LogP contribution in [0.1, 0.15) is 17.5 Å². The number of anilines is 1. The largest absolute Gasteiger partial charge is 0.368 e. The molecule has 0 aliphatic carbocycles. The predicted octanol–water partition coefficient (Wildman–Crippen LogP) is 0.119. The van der Waals surface area contributed by atoms with Crippen LogP contribution < -0.4 is 15.8 Å². The topological polar surface area (TPSA) is 81.8 Å². The number of benzene rings is 1. The molecular formula is C17H22N4O3. The first-order valence-corrected chi connectivity index (χ1v) is 8.16. The molecular weight excluding hydrogens is 308 g/mol. The highest BCUT2D eigenvalue weighted by atomic mass is 16.2. The molecule has 0 radical (unpaired) electrons. The third kappa shape index (κ3) is 3.06. The number of rotatable bonds is 3. The van der Waals surface area contributed by atoms with E-state index in [1.807, 2.05) is 6.07 Å². The number of nitrogens with one attached hydrogen (secondary N) is 2. The fourth-order valence-electron chi connectivity index (χ4n) is 3.18. The fraction of sp³-hybridized carbons (Fsp3) is 0.471. The molecule has 2 N–H and O–H groups in total. The molecule has 0 unspecified atom stereocenters. The maximum atomic E-state index is 12.4. The average Bonchev–Trinajstić information content (AvgIpc) is 2.89. The van der Waals surface area contributed by atoms with E-state index in [-0.39, 0.29) is 12.3 Å². The van der Waals surface area contributed by atoms with Gasteiger partial charge in [-0.1, -0.05) is 12.1 Å². The van der Waals surface area contributed by atoms with Gasteiger partial charge in [0.15, 0.2) is 0 Å². The normalized spacial score (nSPS) is 18.6. The molecule has 1 aromatic rings. The van der Waals surface area contributed by atoms with Crippen LogP contribution in [0, 0.1) is 19.8 Å².